The first kappa shape index (κ1) is 25.3. The molecule has 10 heteroatoms. The highest BCUT2D eigenvalue weighted by Gasteiger charge is 2.35. The molecule has 31 heavy (non-hydrogen) atoms. The lowest BCUT2D eigenvalue weighted by Gasteiger charge is -2.32. The van der Waals surface area contributed by atoms with Crippen molar-refractivity contribution in [2.45, 2.75) is 24.8 Å². The topological polar surface area (TPSA) is 108 Å². The number of ether oxygens (including phenoxy) is 1. The van der Waals surface area contributed by atoms with Gasteiger partial charge in [-0.1, -0.05) is 35.9 Å². The lowest BCUT2D eigenvalue weighted by atomic mass is 9.81. The third kappa shape index (κ3) is 6.99. The summed E-state index contributed by atoms with van der Waals surface area (Å²) in [6.07, 6.45) is 2.86. The Bertz CT molecular complexity index is 980. The molecule has 0 spiro atoms. The first-order valence-electron chi connectivity index (χ1n) is 9.00. The number of hydrogen-bond acceptors (Lipinski definition) is 6. The monoisotopic (exact) mass is 572 g/mol. The number of carbonyl (C=O) groups is 2. The van der Waals surface area contributed by atoms with Crippen LogP contribution in [0.4, 0.5) is 10.5 Å². The lowest BCUT2D eigenvalue weighted by Crippen LogP contribution is -2.28. The minimum atomic E-state index is -0.977. The minimum Gasteiger partial charge on any atom is -0.506 e. The van der Waals surface area contributed by atoms with Crippen LogP contribution >= 0.6 is 43.6 Å². The molecule has 4 N–H and O–H groups in total. The number of benzene rings is 2. The molecule has 0 aromatic heterocycles. The van der Waals surface area contributed by atoms with Gasteiger partial charge in [0.15, 0.2) is 0 Å². The van der Waals surface area contributed by atoms with E-state index >= 15 is 0 Å². The van der Waals surface area contributed by atoms with Crippen LogP contribution in [0.25, 0.3) is 0 Å². The van der Waals surface area contributed by atoms with Crippen molar-refractivity contribution < 1.29 is 24.6 Å². The number of thioether (sulfide) groups is 1. The quantitative estimate of drug-likeness (QED) is 0.140. The summed E-state index contributed by atoms with van der Waals surface area (Å²) in [7, 11) is 0. The van der Waals surface area contributed by atoms with Crippen LogP contribution in [0.15, 0.2) is 62.4 Å². The number of amides is 2. The zero-order valence-corrected chi connectivity index (χ0v) is 21.0. The van der Waals surface area contributed by atoms with E-state index < -0.39 is 23.5 Å². The molecule has 0 fully saturated rings. The van der Waals surface area contributed by atoms with E-state index in [4.69, 9.17) is 9.94 Å². The molecule has 0 heterocycles. The molecule has 0 aliphatic carbocycles. The fourth-order valence-electron chi connectivity index (χ4n) is 2.75. The second kappa shape index (κ2) is 11.0. The maximum atomic E-state index is 12.7. The SMILES string of the molecule is CSc1ccc(NC(=O)O[C@@H](c2cc(Br)cc(Br)c2O)C(C)(C)/C=C/C(=O)NO)cc1. The molecule has 2 amide bonds. The van der Waals surface area contributed by atoms with Crippen molar-refractivity contribution in [3.8, 4) is 5.75 Å². The molecular formula is C21H22Br2N2O5S. The molecule has 0 saturated carbocycles. The predicted octanol–water partition coefficient (Wildman–Crippen LogP) is 6.02. The standard InChI is InChI=1S/C21H22Br2N2O5S/c1-21(2,9-8-17(26)25-29)19(15-10-12(22)11-16(23)18(15)27)30-20(28)24-13-4-6-14(31-3)7-5-13/h4-11,19,27,29H,1-3H3,(H,24,28)(H,25,26)/b9-8+/t19-/m0/s1. The Morgan fingerprint density at radius 2 is 1.84 bits per heavy atom. The van der Waals surface area contributed by atoms with Crippen LogP contribution in [0.1, 0.15) is 25.5 Å². The highest BCUT2D eigenvalue weighted by molar-refractivity contribution is 9.11. The zero-order valence-electron chi connectivity index (χ0n) is 17.0. The van der Waals surface area contributed by atoms with Gasteiger partial charge in [-0.3, -0.25) is 15.3 Å². The Morgan fingerprint density at radius 1 is 1.19 bits per heavy atom. The van der Waals surface area contributed by atoms with Gasteiger partial charge in [0.1, 0.15) is 11.9 Å². The molecule has 2 aromatic rings. The van der Waals surface area contributed by atoms with Gasteiger partial charge in [0.25, 0.3) is 5.91 Å². The van der Waals surface area contributed by atoms with Crippen molar-refractivity contribution >= 4 is 61.3 Å². The molecule has 0 aliphatic heterocycles. The van der Waals surface area contributed by atoms with E-state index in [0.29, 0.717) is 20.2 Å². The van der Waals surface area contributed by atoms with Gasteiger partial charge >= 0.3 is 6.09 Å². The molecule has 1 atom stereocenters. The number of nitrogens with one attached hydrogen (secondary N) is 2. The van der Waals surface area contributed by atoms with Crippen molar-refractivity contribution in [3.63, 3.8) is 0 Å². The van der Waals surface area contributed by atoms with Crippen LogP contribution in [-0.2, 0) is 9.53 Å². The number of aromatic hydroxyl groups is 1. The third-order valence-corrected chi connectivity index (χ3v) is 6.16. The van der Waals surface area contributed by atoms with E-state index in [0.717, 1.165) is 11.0 Å². The summed E-state index contributed by atoms with van der Waals surface area (Å²) in [6, 6.07) is 10.5. The Hall–Kier alpha value is -2.01. The van der Waals surface area contributed by atoms with Gasteiger partial charge in [-0.05, 0) is 58.6 Å². The van der Waals surface area contributed by atoms with Gasteiger partial charge < -0.3 is 9.84 Å². The zero-order chi connectivity index (χ0) is 23.2. The average Bonchev–Trinajstić information content (AvgIpc) is 2.73. The largest absolute Gasteiger partial charge is 0.506 e. The second-order valence-electron chi connectivity index (χ2n) is 7.10. The van der Waals surface area contributed by atoms with E-state index in [-0.39, 0.29) is 5.75 Å². The van der Waals surface area contributed by atoms with E-state index in [1.807, 2.05) is 18.4 Å². The van der Waals surface area contributed by atoms with E-state index in [9.17, 15) is 14.7 Å². The van der Waals surface area contributed by atoms with E-state index in [1.165, 1.54) is 11.6 Å². The summed E-state index contributed by atoms with van der Waals surface area (Å²) in [6.45, 7) is 3.46. The molecule has 2 aromatic carbocycles. The fourth-order valence-corrected chi connectivity index (χ4v) is 4.41. The second-order valence-corrected chi connectivity index (χ2v) is 9.74. The van der Waals surface area contributed by atoms with Gasteiger partial charge in [-0.2, -0.15) is 0 Å². The van der Waals surface area contributed by atoms with Crippen LogP contribution in [0.3, 0.4) is 0 Å². The normalized spacial score (nSPS) is 12.5. The number of hydroxylamine groups is 1. The highest BCUT2D eigenvalue weighted by Crippen LogP contribution is 2.45. The number of hydrogen-bond donors (Lipinski definition) is 4. The molecule has 0 saturated heterocycles. The highest BCUT2D eigenvalue weighted by atomic mass is 79.9. The van der Waals surface area contributed by atoms with Crippen molar-refractivity contribution in [1.29, 1.82) is 0 Å². The number of carbonyl (C=O) groups excluding carboxylic acids is 2. The Balaban J connectivity index is 2.38. The number of rotatable bonds is 7. The molecular weight excluding hydrogens is 552 g/mol. The molecule has 0 radical (unpaired) electrons. The summed E-state index contributed by atoms with van der Waals surface area (Å²) in [5.41, 5.74) is 1.45. The molecule has 7 nitrogen and oxygen atoms in total. The van der Waals surface area contributed by atoms with Crippen LogP contribution in [-0.4, -0.2) is 28.6 Å². The van der Waals surface area contributed by atoms with E-state index in [1.54, 1.807) is 49.9 Å². The molecule has 0 bridgehead atoms. The molecule has 166 valence electrons. The van der Waals surface area contributed by atoms with Crippen molar-refractivity contribution in [1.82, 2.24) is 5.48 Å². The van der Waals surface area contributed by atoms with Crippen molar-refractivity contribution in [2.24, 2.45) is 5.41 Å². The number of halogens is 2. The number of anilines is 1. The van der Waals surface area contributed by atoms with Gasteiger partial charge in [0.2, 0.25) is 0 Å². The van der Waals surface area contributed by atoms with Gasteiger partial charge in [-0.15, -0.1) is 11.8 Å². The minimum absolute atomic E-state index is 0.0987. The predicted molar refractivity (Wildman–Crippen MR) is 127 cm³/mol. The maximum absolute atomic E-state index is 12.7. The smallest absolute Gasteiger partial charge is 0.412 e. The number of phenolic OH excluding ortho intramolecular Hbond substituents is 1. The Morgan fingerprint density at radius 3 is 2.42 bits per heavy atom. The molecule has 2 rings (SSSR count). The molecule has 0 unspecified atom stereocenters. The Labute approximate surface area is 201 Å². The number of phenols is 1. The third-order valence-electron chi connectivity index (χ3n) is 4.35. The first-order valence-corrected chi connectivity index (χ1v) is 11.8. The summed E-state index contributed by atoms with van der Waals surface area (Å²) < 4.78 is 6.78. The summed E-state index contributed by atoms with van der Waals surface area (Å²) in [4.78, 5) is 25.2. The maximum Gasteiger partial charge on any atom is 0.412 e. The van der Waals surface area contributed by atoms with Crippen LogP contribution in [0, 0.1) is 5.41 Å². The van der Waals surface area contributed by atoms with E-state index in [2.05, 4.69) is 37.2 Å². The van der Waals surface area contributed by atoms with Crippen LogP contribution in [0.5, 0.6) is 5.75 Å². The van der Waals surface area contributed by atoms with Gasteiger partial charge in [-0.25, -0.2) is 10.3 Å². The van der Waals surface area contributed by atoms with Crippen LogP contribution in [0.2, 0.25) is 0 Å². The summed E-state index contributed by atoms with van der Waals surface area (Å²) >= 11 is 8.24. The van der Waals surface area contributed by atoms with Gasteiger partial charge in [0, 0.05) is 32.1 Å². The first-order chi connectivity index (χ1) is 14.6. The average molecular weight is 574 g/mol. The Kier molecular flexibility index (Phi) is 8.99. The summed E-state index contributed by atoms with van der Waals surface area (Å²) in [5, 5.41) is 22.0. The fraction of sp³-hybridized carbons (Fsp3) is 0.238. The van der Waals surface area contributed by atoms with Crippen LogP contribution < -0.4 is 10.8 Å². The molecule has 0 aliphatic rings. The van der Waals surface area contributed by atoms with Crippen molar-refractivity contribution in [2.75, 3.05) is 11.6 Å². The lowest BCUT2D eigenvalue weighted by molar-refractivity contribution is -0.124. The van der Waals surface area contributed by atoms with Gasteiger partial charge in [0.05, 0.1) is 4.47 Å². The summed E-state index contributed by atoms with van der Waals surface area (Å²) in [5.74, 6) is -0.830. The van der Waals surface area contributed by atoms with Crippen molar-refractivity contribution in [3.05, 3.63) is 63.1 Å².